The number of hydrogen-bond donors (Lipinski definition) is 1. The molecule has 1 aromatic rings. The van der Waals surface area contributed by atoms with Crippen LogP contribution in [0.2, 0.25) is 0 Å². The molecule has 0 atom stereocenters. The van der Waals surface area contributed by atoms with Crippen LogP contribution in [0.4, 0.5) is 4.39 Å². The van der Waals surface area contributed by atoms with E-state index >= 15 is 0 Å². The highest BCUT2D eigenvalue weighted by Gasteiger charge is 1.95. The van der Waals surface area contributed by atoms with Crippen LogP contribution in [-0.2, 0) is 4.74 Å². The zero-order chi connectivity index (χ0) is 13.1. The lowest BCUT2D eigenvalue weighted by Crippen LogP contribution is -2.04. The molecule has 4 heteroatoms. The summed E-state index contributed by atoms with van der Waals surface area (Å²) >= 11 is 0. The van der Waals surface area contributed by atoms with Gasteiger partial charge in [-0.15, -0.1) is 0 Å². The van der Waals surface area contributed by atoms with E-state index in [0.717, 1.165) is 38.8 Å². The van der Waals surface area contributed by atoms with Gasteiger partial charge in [-0.05, 0) is 50.1 Å². The zero-order valence-electron chi connectivity index (χ0n) is 10.7. The molecule has 0 aliphatic carbocycles. The molecule has 0 saturated heterocycles. The van der Waals surface area contributed by atoms with Crippen molar-refractivity contribution in [3.63, 3.8) is 0 Å². The van der Waals surface area contributed by atoms with Gasteiger partial charge in [-0.1, -0.05) is 0 Å². The Morgan fingerprint density at radius 2 is 1.61 bits per heavy atom. The summed E-state index contributed by atoms with van der Waals surface area (Å²) in [7, 11) is 0. The molecule has 0 spiro atoms. The lowest BCUT2D eigenvalue weighted by Gasteiger charge is -2.06. The van der Waals surface area contributed by atoms with E-state index in [1.165, 1.54) is 12.1 Å². The maximum absolute atomic E-state index is 12.6. The van der Waals surface area contributed by atoms with Crippen LogP contribution in [0.15, 0.2) is 24.3 Å². The third kappa shape index (κ3) is 7.25. The van der Waals surface area contributed by atoms with Crippen molar-refractivity contribution in [2.24, 2.45) is 5.73 Å². The van der Waals surface area contributed by atoms with Gasteiger partial charge in [0.2, 0.25) is 0 Å². The van der Waals surface area contributed by atoms with Crippen molar-refractivity contribution in [1.29, 1.82) is 0 Å². The van der Waals surface area contributed by atoms with Gasteiger partial charge in [-0.25, -0.2) is 4.39 Å². The molecule has 0 aliphatic rings. The van der Waals surface area contributed by atoms with Crippen LogP contribution in [0.25, 0.3) is 0 Å². The summed E-state index contributed by atoms with van der Waals surface area (Å²) in [6.07, 6.45) is 4.10. The Balaban J connectivity index is 1.91. The maximum Gasteiger partial charge on any atom is 0.123 e. The highest BCUT2D eigenvalue weighted by Crippen LogP contribution is 2.11. The second-order valence-electron chi connectivity index (χ2n) is 4.12. The molecule has 3 nitrogen and oxygen atoms in total. The molecule has 0 heterocycles. The summed E-state index contributed by atoms with van der Waals surface area (Å²) in [6, 6.07) is 6.04. The lowest BCUT2D eigenvalue weighted by molar-refractivity contribution is 0.116. The second kappa shape index (κ2) is 9.85. The molecular weight excluding hydrogens is 233 g/mol. The Morgan fingerprint density at radius 3 is 2.33 bits per heavy atom. The van der Waals surface area contributed by atoms with E-state index in [4.69, 9.17) is 15.2 Å². The molecule has 0 unspecified atom stereocenters. The van der Waals surface area contributed by atoms with E-state index in [1.807, 2.05) is 0 Å². The summed E-state index contributed by atoms with van der Waals surface area (Å²) < 4.78 is 23.5. The van der Waals surface area contributed by atoms with E-state index in [1.54, 1.807) is 12.1 Å². The van der Waals surface area contributed by atoms with Crippen LogP contribution in [0.5, 0.6) is 5.75 Å². The first-order chi connectivity index (χ1) is 8.83. The fourth-order valence-corrected chi connectivity index (χ4v) is 1.51. The summed E-state index contributed by atoms with van der Waals surface area (Å²) in [6.45, 7) is 2.83. The molecule has 0 bridgehead atoms. The minimum atomic E-state index is -0.247. The average molecular weight is 255 g/mol. The fourth-order valence-electron chi connectivity index (χ4n) is 1.51. The number of ether oxygens (including phenoxy) is 2. The Hall–Kier alpha value is -1.13. The highest BCUT2D eigenvalue weighted by atomic mass is 19.1. The first-order valence-electron chi connectivity index (χ1n) is 6.49. The standard InChI is InChI=1S/C14H22FNO2/c15-13-5-7-14(8-6-13)18-12-4-11-17-10-3-1-2-9-16/h5-8H,1-4,9-12,16H2. The first-order valence-corrected chi connectivity index (χ1v) is 6.49. The third-order valence-electron chi connectivity index (χ3n) is 2.51. The van der Waals surface area contributed by atoms with Gasteiger partial charge in [-0.3, -0.25) is 0 Å². The van der Waals surface area contributed by atoms with Crippen molar-refractivity contribution in [2.45, 2.75) is 25.7 Å². The molecule has 0 radical (unpaired) electrons. The van der Waals surface area contributed by atoms with Gasteiger partial charge in [-0.2, -0.15) is 0 Å². The smallest absolute Gasteiger partial charge is 0.123 e. The predicted octanol–water partition coefficient (Wildman–Crippen LogP) is 2.74. The maximum atomic E-state index is 12.6. The third-order valence-corrected chi connectivity index (χ3v) is 2.51. The Labute approximate surface area is 108 Å². The molecule has 1 rings (SSSR count). The number of halogens is 1. The number of unbranched alkanes of at least 4 members (excludes halogenated alkanes) is 2. The van der Waals surface area contributed by atoms with Gasteiger partial charge in [0.15, 0.2) is 0 Å². The van der Waals surface area contributed by atoms with E-state index in [-0.39, 0.29) is 5.82 Å². The Kier molecular flexibility index (Phi) is 8.17. The predicted molar refractivity (Wildman–Crippen MR) is 70.2 cm³/mol. The van der Waals surface area contributed by atoms with Crippen LogP contribution in [0.1, 0.15) is 25.7 Å². The molecule has 0 aromatic heterocycles. The highest BCUT2D eigenvalue weighted by molar-refractivity contribution is 5.21. The van der Waals surface area contributed by atoms with Crippen molar-refractivity contribution in [2.75, 3.05) is 26.4 Å². The second-order valence-corrected chi connectivity index (χ2v) is 4.12. The Morgan fingerprint density at radius 1 is 0.889 bits per heavy atom. The van der Waals surface area contributed by atoms with Gasteiger partial charge >= 0.3 is 0 Å². The van der Waals surface area contributed by atoms with Gasteiger partial charge < -0.3 is 15.2 Å². The number of nitrogens with two attached hydrogens (primary N) is 1. The van der Waals surface area contributed by atoms with Crippen LogP contribution in [0.3, 0.4) is 0 Å². The van der Waals surface area contributed by atoms with Gasteiger partial charge in [0.05, 0.1) is 6.61 Å². The van der Waals surface area contributed by atoms with Crippen molar-refractivity contribution in [3.8, 4) is 5.75 Å². The number of benzene rings is 1. The quantitative estimate of drug-likeness (QED) is 0.654. The molecule has 0 saturated carbocycles. The van der Waals surface area contributed by atoms with Gasteiger partial charge in [0.25, 0.3) is 0 Å². The van der Waals surface area contributed by atoms with E-state index in [0.29, 0.717) is 19.0 Å². The monoisotopic (exact) mass is 255 g/mol. The normalized spacial score (nSPS) is 10.6. The summed E-state index contributed by atoms with van der Waals surface area (Å²) in [5.41, 5.74) is 5.39. The van der Waals surface area contributed by atoms with E-state index < -0.39 is 0 Å². The lowest BCUT2D eigenvalue weighted by atomic mass is 10.2. The van der Waals surface area contributed by atoms with Gasteiger partial charge in [0, 0.05) is 19.6 Å². The zero-order valence-corrected chi connectivity index (χ0v) is 10.7. The van der Waals surface area contributed by atoms with E-state index in [9.17, 15) is 4.39 Å². The van der Waals surface area contributed by atoms with Gasteiger partial charge in [0.1, 0.15) is 11.6 Å². The molecular formula is C14H22FNO2. The van der Waals surface area contributed by atoms with Crippen LogP contribution in [-0.4, -0.2) is 26.4 Å². The minimum absolute atomic E-state index is 0.247. The number of rotatable bonds is 10. The minimum Gasteiger partial charge on any atom is -0.494 e. The molecule has 0 amide bonds. The molecule has 102 valence electrons. The molecule has 18 heavy (non-hydrogen) atoms. The van der Waals surface area contributed by atoms with Crippen molar-refractivity contribution in [3.05, 3.63) is 30.1 Å². The van der Waals surface area contributed by atoms with Crippen molar-refractivity contribution >= 4 is 0 Å². The molecule has 2 N–H and O–H groups in total. The summed E-state index contributed by atoms with van der Waals surface area (Å²) in [4.78, 5) is 0. The summed E-state index contributed by atoms with van der Waals surface area (Å²) in [5, 5.41) is 0. The molecule has 0 aliphatic heterocycles. The summed E-state index contributed by atoms with van der Waals surface area (Å²) in [5.74, 6) is 0.447. The van der Waals surface area contributed by atoms with E-state index in [2.05, 4.69) is 0 Å². The van der Waals surface area contributed by atoms with Crippen LogP contribution < -0.4 is 10.5 Å². The largest absolute Gasteiger partial charge is 0.494 e. The Bertz CT molecular complexity index is 303. The van der Waals surface area contributed by atoms with Crippen LogP contribution in [0, 0.1) is 5.82 Å². The first kappa shape index (κ1) is 14.9. The SMILES string of the molecule is NCCCCCOCCCOc1ccc(F)cc1. The van der Waals surface area contributed by atoms with Crippen molar-refractivity contribution < 1.29 is 13.9 Å². The topological polar surface area (TPSA) is 44.5 Å². The average Bonchev–Trinajstić information content (AvgIpc) is 2.39. The van der Waals surface area contributed by atoms with Crippen LogP contribution >= 0.6 is 0 Å². The molecule has 1 aromatic carbocycles. The number of hydrogen-bond acceptors (Lipinski definition) is 3. The van der Waals surface area contributed by atoms with Crippen molar-refractivity contribution in [1.82, 2.24) is 0 Å². The fraction of sp³-hybridized carbons (Fsp3) is 0.571. The molecule has 0 fully saturated rings.